The van der Waals surface area contributed by atoms with Crippen LogP contribution >= 0.6 is 0 Å². The van der Waals surface area contributed by atoms with Crippen molar-refractivity contribution in [3.63, 3.8) is 0 Å². The molecule has 0 aliphatic rings. The van der Waals surface area contributed by atoms with Crippen molar-refractivity contribution in [2.24, 2.45) is 5.41 Å². The van der Waals surface area contributed by atoms with E-state index in [-0.39, 0.29) is 5.97 Å². The zero-order chi connectivity index (χ0) is 12.3. The average molecular weight is 220 g/mol. The van der Waals surface area contributed by atoms with Crippen LogP contribution in [0.2, 0.25) is 0 Å². The van der Waals surface area contributed by atoms with Gasteiger partial charge in [-0.15, -0.1) is 0 Å². The van der Waals surface area contributed by atoms with E-state index < -0.39 is 5.41 Å². The van der Waals surface area contributed by atoms with E-state index >= 15 is 0 Å². The monoisotopic (exact) mass is 220 g/mol. The van der Waals surface area contributed by atoms with Crippen LogP contribution in [0.4, 0.5) is 0 Å². The molecule has 0 spiro atoms. The molecule has 0 aliphatic carbocycles. The maximum Gasteiger partial charge on any atom is 0.311 e. The molecule has 0 unspecified atom stereocenters. The molecular weight excluding hydrogens is 200 g/mol. The summed E-state index contributed by atoms with van der Waals surface area (Å²) in [5.74, 6) is -0.159. The van der Waals surface area contributed by atoms with E-state index in [0.29, 0.717) is 6.42 Å². The minimum Gasteiger partial charge on any atom is -0.469 e. The van der Waals surface area contributed by atoms with Gasteiger partial charge < -0.3 is 4.74 Å². The quantitative estimate of drug-likeness (QED) is 0.732. The number of hydrogen-bond donors (Lipinski definition) is 0. The molecular formula is C14H20O2. The van der Waals surface area contributed by atoms with Gasteiger partial charge in [0.1, 0.15) is 0 Å². The smallest absolute Gasteiger partial charge is 0.311 e. The standard InChI is InChI=1S/C14H20O2/c1-10-6-7-11(2)12(8-10)9-14(3,4)13(15)16-5/h6-8H,9H2,1-5H3. The highest BCUT2D eigenvalue weighted by Gasteiger charge is 2.29. The van der Waals surface area contributed by atoms with Gasteiger partial charge in [-0.1, -0.05) is 23.8 Å². The Morgan fingerprint density at radius 3 is 2.50 bits per heavy atom. The van der Waals surface area contributed by atoms with Gasteiger partial charge in [0.2, 0.25) is 0 Å². The fourth-order valence-corrected chi connectivity index (χ4v) is 1.82. The minimum absolute atomic E-state index is 0.159. The molecule has 2 heteroatoms. The zero-order valence-corrected chi connectivity index (χ0v) is 10.8. The van der Waals surface area contributed by atoms with Crippen LogP contribution in [0.5, 0.6) is 0 Å². The molecule has 1 aromatic carbocycles. The fourth-order valence-electron chi connectivity index (χ4n) is 1.82. The molecule has 0 aromatic heterocycles. The van der Waals surface area contributed by atoms with Crippen molar-refractivity contribution in [2.45, 2.75) is 34.1 Å². The molecule has 0 atom stereocenters. The summed E-state index contributed by atoms with van der Waals surface area (Å²) in [6.45, 7) is 7.97. The number of hydrogen-bond acceptors (Lipinski definition) is 2. The van der Waals surface area contributed by atoms with Crippen LogP contribution in [0.25, 0.3) is 0 Å². The number of benzene rings is 1. The van der Waals surface area contributed by atoms with Crippen molar-refractivity contribution >= 4 is 5.97 Å². The van der Waals surface area contributed by atoms with Gasteiger partial charge in [0.15, 0.2) is 0 Å². The van der Waals surface area contributed by atoms with Gasteiger partial charge in [0, 0.05) is 0 Å². The number of carbonyl (C=O) groups is 1. The predicted molar refractivity (Wildman–Crippen MR) is 65.4 cm³/mol. The first-order chi connectivity index (χ1) is 7.36. The van der Waals surface area contributed by atoms with E-state index in [0.717, 1.165) is 0 Å². The van der Waals surface area contributed by atoms with E-state index in [4.69, 9.17) is 4.74 Å². The Morgan fingerprint density at radius 1 is 1.31 bits per heavy atom. The lowest BCUT2D eigenvalue weighted by Gasteiger charge is -2.22. The summed E-state index contributed by atoms with van der Waals surface area (Å²) in [5.41, 5.74) is 3.20. The highest BCUT2D eigenvalue weighted by atomic mass is 16.5. The fraction of sp³-hybridized carbons (Fsp3) is 0.500. The van der Waals surface area contributed by atoms with Crippen LogP contribution in [0.1, 0.15) is 30.5 Å². The molecule has 0 saturated carbocycles. The van der Waals surface area contributed by atoms with Crippen molar-refractivity contribution in [2.75, 3.05) is 7.11 Å². The van der Waals surface area contributed by atoms with Gasteiger partial charge >= 0.3 is 5.97 Å². The summed E-state index contributed by atoms with van der Waals surface area (Å²) in [7, 11) is 1.44. The Labute approximate surface area is 97.6 Å². The molecule has 0 radical (unpaired) electrons. The Morgan fingerprint density at radius 2 is 1.94 bits per heavy atom. The van der Waals surface area contributed by atoms with Gasteiger partial charge in [-0.3, -0.25) is 4.79 Å². The molecule has 2 nitrogen and oxygen atoms in total. The third-order valence-corrected chi connectivity index (χ3v) is 2.88. The molecule has 0 saturated heterocycles. The Kier molecular flexibility index (Phi) is 3.74. The van der Waals surface area contributed by atoms with Crippen LogP contribution in [-0.2, 0) is 16.0 Å². The lowest BCUT2D eigenvalue weighted by molar-refractivity contribution is -0.150. The normalized spacial score (nSPS) is 11.3. The second-order valence-electron chi connectivity index (χ2n) is 4.98. The van der Waals surface area contributed by atoms with Gasteiger partial charge in [0.25, 0.3) is 0 Å². The number of carbonyl (C=O) groups excluding carboxylic acids is 1. The first kappa shape index (κ1) is 12.8. The van der Waals surface area contributed by atoms with E-state index in [2.05, 4.69) is 32.0 Å². The van der Waals surface area contributed by atoms with Crippen LogP contribution in [-0.4, -0.2) is 13.1 Å². The second kappa shape index (κ2) is 4.69. The van der Waals surface area contributed by atoms with Gasteiger partial charge in [-0.05, 0) is 45.2 Å². The number of aryl methyl sites for hydroxylation is 2. The van der Waals surface area contributed by atoms with Crippen LogP contribution in [0, 0.1) is 19.3 Å². The van der Waals surface area contributed by atoms with Crippen LogP contribution in [0.15, 0.2) is 18.2 Å². The van der Waals surface area contributed by atoms with Gasteiger partial charge in [0.05, 0.1) is 12.5 Å². The van der Waals surface area contributed by atoms with E-state index in [1.54, 1.807) is 0 Å². The topological polar surface area (TPSA) is 26.3 Å². The van der Waals surface area contributed by atoms with Crippen molar-refractivity contribution in [3.05, 3.63) is 34.9 Å². The van der Waals surface area contributed by atoms with E-state index in [1.165, 1.54) is 23.8 Å². The summed E-state index contributed by atoms with van der Waals surface area (Å²) >= 11 is 0. The molecule has 0 fully saturated rings. The molecule has 0 heterocycles. The maximum absolute atomic E-state index is 11.6. The summed E-state index contributed by atoms with van der Waals surface area (Å²) in [4.78, 5) is 11.6. The summed E-state index contributed by atoms with van der Waals surface area (Å²) in [5, 5.41) is 0. The molecule has 0 aliphatic heterocycles. The number of rotatable bonds is 3. The van der Waals surface area contributed by atoms with Crippen LogP contribution < -0.4 is 0 Å². The van der Waals surface area contributed by atoms with E-state index in [9.17, 15) is 4.79 Å². The van der Waals surface area contributed by atoms with Gasteiger partial charge in [-0.2, -0.15) is 0 Å². The number of esters is 1. The van der Waals surface area contributed by atoms with Crippen molar-refractivity contribution in [1.29, 1.82) is 0 Å². The summed E-state index contributed by atoms with van der Waals surface area (Å²) in [6, 6.07) is 6.32. The first-order valence-electron chi connectivity index (χ1n) is 5.51. The summed E-state index contributed by atoms with van der Waals surface area (Å²) in [6.07, 6.45) is 0.715. The molecule has 0 bridgehead atoms. The Hall–Kier alpha value is -1.31. The highest BCUT2D eigenvalue weighted by molar-refractivity contribution is 5.76. The first-order valence-corrected chi connectivity index (χ1v) is 5.51. The van der Waals surface area contributed by atoms with E-state index in [1.807, 2.05) is 13.8 Å². The largest absolute Gasteiger partial charge is 0.469 e. The lowest BCUT2D eigenvalue weighted by Crippen LogP contribution is -2.28. The molecule has 0 amide bonds. The highest BCUT2D eigenvalue weighted by Crippen LogP contribution is 2.25. The van der Waals surface area contributed by atoms with Crippen LogP contribution in [0.3, 0.4) is 0 Å². The molecule has 1 rings (SSSR count). The van der Waals surface area contributed by atoms with Gasteiger partial charge in [-0.25, -0.2) is 0 Å². The molecule has 16 heavy (non-hydrogen) atoms. The van der Waals surface area contributed by atoms with Crippen molar-refractivity contribution in [3.8, 4) is 0 Å². The Bertz CT molecular complexity index is 392. The minimum atomic E-state index is -0.465. The predicted octanol–water partition coefficient (Wildman–Crippen LogP) is 3.05. The summed E-state index contributed by atoms with van der Waals surface area (Å²) < 4.78 is 4.82. The second-order valence-corrected chi connectivity index (χ2v) is 4.98. The van der Waals surface area contributed by atoms with Crippen molar-refractivity contribution in [1.82, 2.24) is 0 Å². The number of ether oxygens (including phenoxy) is 1. The molecule has 0 N–H and O–H groups in total. The number of methoxy groups -OCH3 is 1. The van der Waals surface area contributed by atoms with Crippen molar-refractivity contribution < 1.29 is 9.53 Å². The zero-order valence-electron chi connectivity index (χ0n) is 10.8. The Balaban J connectivity index is 2.95. The molecule has 88 valence electrons. The lowest BCUT2D eigenvalue weighted by atomic mass is 9.84. The third-order valence-electron chi connectivity index (χ3n) is 2.88. The SMILES string of the molecule is COC(=O)C(C)(C)Cc1cc(C)ccc1C. The third kappa shape index (κ3) is 2.84. The molecule has 1 aromatic rings. The average Bonchev–Trinajstić information content (AvgIpc) is 2.22. The maximum atomic E-state index is 11.6.